The molecule has 0 aromatic heterocycles. The van der Waals surface area contributed by atoms with Crippen molar-refractivity contribution < 1.29 is 17.9 Å². The van der Waals surface area contributed by atoms with E-state index >= 15 is 0 Å². The fraction of sp³-hybridized carbons (Fsp3) is 0.278. The van der Waals surface area contributed by atoms with Crippen molar-refractivity contribution in [3.63, 3.8) is 0 Å². The number of carbonyl (C=O) groups excluding carboxylic acids is 1. The third-order valence-corrected chi connectivity index (χ3v) is 5.65. The van der Waals surface area contributed by atoms with Crippen molar-refractivity contribution in [2.45, 2.75) is 17.9 Å². The summed E-state index contributed by atoms with van der Waals surface area (Å²) in [6.45, 7) is 1.86. The van der Waals surface area contributed by atoms with Gasteiger partial charge >= 0.3 is 0 Å². The molecule has 25 heavy (non-hydrogen) atoms. The van der Waals surface area contributed by atoms with Crippen LogP contribution in [0.1, 0.15) is 28.9 Å². The maximum atomic E-state index is 12.5. The molecule has 6 nitrogen and oxygen atoms in total. The number of nitrogens with one attached hydrogen (secondary N) is 1. The Labute approximate surface area is 148 Å². The van der Waals surface area contributed by atoms with Crippen LogP contribution >= 0.6 is 0 Å². The molecule has 0 saturated heterocycles. The molecule has 134 valence electrons. The highest BCUT2D eigenvalue weighted by Crippen LogP contribution is 2.19. The van der Waals surface area contributed by atoms with E-state index in [1.807, 2.05) is 31.2 Å². The van der Waals surface area contributed by atoms with E-state index in [0.29, 0.717) is 5.56 Å². The zero-order chi connectivity index (χ0) is 18.6. The number of hydrogen-bond acceptors (Lipinski definition) is 4. The molecule has 1 N–H and O–H groups in total. The zero-order valence-electron chi connectivity index (χ0n) is 14.7. The molecule has 2 rings (SSSR count). The maximum absolute atomic E-state index is 12.5. The molecule has 0 aliphatic heterocycles. The van der Waals surface area contributed by atoms with E-state index in [2.05, 4.69) is 5.32 Å². The maximum Gasteiger partial charge on any atom is 0.251 e. The van der Waals surface area contributed by atoms with Crippen LogP contribution < -0.4 is 10.1 Å². The van der Waals surface area contributed by atoms with Gasteiger partial charge in [-0.2, -0.15) is 0 Å². The second kappa shape index (κ2) is 7.67. The third-order valence-electron chi connectivity index (χ3n) is 3.84. The fourth-order valence-corrected chi connectivity index (χ4v) is 3.21. The quantitative estimate of drug-likeness (QED) is 0.856. The lowest BCUT2D eigenvalue weighted by atomic mass is 10.1. The highest BCUT2D eigenvalue weighted by Gasteiger charge is 2.19. The Kier molecular flexibility index (Phi) is 5.81. The summed E-state index contributed by atoms with van der Waals surface area (Å²) in [6, 6.07) is 13.2. The molecule has 0 aliphatic rings. The summed E-state index contributed by atoms with van der Waals surface area (Å²) in [6.07, 6.45) is 0. The van der Waals surface area contributed by atoms with Gasteiger partial charge in [-0.3, -0.25) is 4.79 Å². The number of methoxy groups -OCH3 is 1. The number of carbonyl (C=O) groups is 1. The molecule has 7 heteroatoms. The molecule has 0 spiro atoms. The molecule has 0 heterocycles. The van der Waals surface area contributed by atoms with Gasteiger partial charge in [0.15, 0.2) is 0 Å². The van der Waals surface area contributed by atoms with Crippen LogP contribution in [0.2, 0.25) is 0 Å². The normalized spacial score (nSPS) is 12.7. The van der Waals surface area contributed by atoms with Gasteiger partial charge in [-0.15, -0.1) is 0 Å². The van der Waals surface area contributed by atoms with Crippen LogP contribution in [-0.4, -0.2) is 39.8 Å². The Bertz CT molecular complexity index is 846. The number of nitrogens with zero attached hydrogens (tertiary/aromatic N) is 1. The Morgan fingerprint density at radius 3 is 2.32 bits per heavy atom. The van der Waals surface area contributed by atoms with Gasteiger partial charge in [-0.1, -0.05) is 18.2 Å². The van der Waals surface area contributed by atoms with Crippen LogP contribution in [0.15, 0.2) is 53.4 Å². The van der Waals surface area contributed by atoms with Gasteiger partial charge in [0.2, 0.25) is 10.0 Å². The van der Waals surface area contributed by atoms with Crippen molar-refractivity contribution in [3.8, 4) is 5.75 Å². The van der Waals surface area contributed by atoms with Gasteiger partial charge in [-0.25, -0.2) is 12.7 Å². The van der Waals surface area contributed by atoms with E-state index in [0.717, 1.165) is 15.6 Å². The van der Waals surface area contributed by atoms with E-state index in [1.165, 1.54) is 26.2 Å². The van der Waals surface area contributed by atoms with Crippen molar-refractivity contribution in [1.82, 2.24) is 9.62 Å². The number of rotatable bonds is 6. The SMILES string of the molecule is COc1ccc([C@H](C)NC(=O)c2cccc(S(=O)(=O)N(C)C)c2)cc1. The molecule has 2 aromatic carbocycles. The number of sulfonamides is 1. The molecule has 0 radical (unpaired) electrons. The summed E-state index contributed by atoms with van der Waals surface area (Å²) in [5.74, 6) is 0.406. The van der Waals surface area contributed by atoms with Crippen LogP contribution in [0.5, 0.6) is 5.75 Å². The average molecular weight is 362 g/mol. The molecule has 1 atom stereocenters. The predicted molar refractivity (Wildman–Crippen MR) is 96.2 cm³/mol. The number of benzene rings is 2. The summed E-state index contributed by atoms with van der Waals surface area (Å²) >= 11 is 0. The fourth-order valence-electron chi connectivity index (χ4n) is 2.26. The smallest absolute Gasteiger partial charge is 0.251 e. The van der Waals surface area contributed by atoms with Gasteiger partial charge in [0, 0.05) is 19.7 Å². The van der Waals surface area contributed by atoms with Gasteiger partial charge in [0.05, 0.1) is 18.0 Å². The molecule has 0 bridgehead atoms. The monoisotopic (exact) mass is 362 g/mol. The lowest BCUT2D eigenvalue weighted by molar-refractivity contribution is 0.0939. The lowest BCUT2D eigenvalue weighted by Gasteiger charge is -2.16. The molecule has 2 aromatic rings. The first-order valence-electron chi connectivity index (χ1n) is 7.73. The van der Waals surface area contributed by atoms with E-state index in [1.54, 1.807) is 19.2 Å². The molecular formula is C18H22N2O4S. The van der Waals surface area contributed by atoms with E-state index in [-0.39, 0.29) is 16.8 Å². The number of ether oxygens (including phenoxy) is 1. The van der Waals surface area contributed by atoms with Gasteiger partial charge < -0.3 is 10.1 Å². The average Bonchev–Trinajstić information content (AvgIpc) is 2.61. The molecule has 0 saturated carbocycles. The standard InChI is InChI=1S/C18H22N2O4S/c1-13(14-8-10-16(24-4)11-9-14)19-18(21)15-6-5-7-17(12-15)25(22,23)20(2)3/h5-13H,1-4H3,(H,19,21)/t13-/m0/s1. The van der Waals surface area contributed by atoms with Crippen LogP contribution in [0.3, 0.4) is 0 Å². The van der Waals surface area contributed by atoms with Crippen LogP contribution in [0.4, 0.5) is 0 Å². The predicted octanol–water partition coefficient (Wildman–Crippen LogP) is 2.44. The Morgan fingerprint density at radius 2 is 1.76 bits per heavy atom. The van der Waals surface area contributed by atoms with Crippen molar-refractivity contribution in [1.29, 1.82) is 0 Å². The summed E-state index contributed by atoms with van der Waals surface area (Å²) in [5.41, 5.74) is 1.22. The molecule has 0 fully saturated rings. The van der Waals surface area contributed by atoms with Gasteiger partial charge in [-0.05, 0) is 42.8 Å². The summed E-state index contributed by atoms with van der Waals surface area (Å²) in [7, 11) is 0.915. The second-order valence-electron chi connectivity index (χ2n) is 5.78. The van der Waals surface area contributed by atoms with E-state index in [9.17, 15) is 13.2 Å². The Hall–Kier alpha value is -2.38. The third kappa shape index (κ3) is 4.37. The van der Waals surface area contributed by atoms with E-state index in [4.69, 9.17) is 4.74 Å². The number of amides is 1. The van der Waals surface area contributed by atoms with Crippen molar-refractivity contribution >= 4 is 15.9 Å². The minimum Gasteiger partial charge on any atom is -0.497 e. The highest BCUT2D eigenvalue weighted by molar-refractivity contribution is 7.89. The molecular weight excluding hydrogens is 340 g/mol. The summed E-state index contributed by atoms with van der Waals surface area (Å²) in [4.78, 5) is 12.5. The highest BCUT2D eigenvalue weighted by atomic mass is 32.2. The topological polar surface area (TPSA) is 75.7 Å². The van der Waals surface area contributed by atoms with Crippen molar-refractivity contribution in [2.24, 2.45) is 0 Å². The van der Waals surface area contributed by atoms with Gasteiger partial charge in [0.1, 0.15) is 5.75 Å². The lowest BCUT2D eigenvalue weighted by Crippen LogP contribution is -2.27. The Morgan fingerprint density at radius 1 is 1.12 bits per heavy atom. The largest absolute Gasteiger partial charge is 0.497 e. The minimum atomic E-state index is -3.58. The number of hydrogen-bond donors (Lipinski definition) is 1. The minimum absolute atomic E-state index is 0.0854. The first kappa shape index (κ1) is 19.0. The zero-order valence-corrected chi connectivity index (χ0v) is 15.5. The first-order valence-corrected chi connectivity index (χ1v) is 9.17. The van der Waals surface area contributed by atoms with E-state index < -0.39 is 10.0 Å². The second-order valence-corrected chi connectivity index (χ2v) is 7.94. The summed E-state index contributed by atoms with van der Waals surface area (Å²) < 4.78 is 30.6. The molecule has 0 unspecified atom stereocenters. The van der Waals surface area contributed by atoms with Crippen LogP contribution in [-0.2, 0) is 10.0 Å². The Balaban J connectivity index is 2.17. The van der Waals surface area contributed by atoms with Crippen molar-refractivity contribution in [3.05, 3.63) is 59.7 Å². The van der Waals surface area contributed by atoms with Crippen LogP contribution in [0.25, 0.3) is 0 Å². The van der Waals surface area contributed by atoms with Crippen molar-refractivity contribution in [2.75, 3.05) is 21.2 Å². The van der Waals surface area contributed by atoms with Crippen LogP contribution in [0, 0.1) is 0 Å². The van der Waals surface area contributed by atoms with Gasteiger partial charge in [0.25, 0.3) is 5.91 Å². The molecule has 1 amide bonds. The summed E-state index contributed by atoms with van der Waals surface area (Å²) in [5, 5.41) is 2.87. The first-order chi connectivity index (χ1) is 11.8. The molecule has 0 aliphatic carbocycles.